The summed E-state index contributed by atoms with van der Waals surface area (Å²) < 4.78 is 49.0. The molecule has 0 aromatic carbocycles. The van der Waals surface area contributed by atoms with Gasteiger partial charge < -0.3 is 35.2 Å². The number of halogens is 3. The van der Waals surface area contributed by atoms with Crippen LogP contribution in [0.15, 0.2) is 12.4 Å². The molecule has 0 saturated carbocycles. The summed E-state index contributed by atoms with van der Waals surface area (Å²) in [5, 5.41) is 26.5. The maximum atomic E-state index is 12.9. The standard InChI is InChI=1S/C25H37F3N6O6/c1-39-21(35)13-33-6-4-16(5-7-33)34-8-2-15(3-9-34)24(38)30-10-18-23(37)22(36)17(14-40-18)31-20-12-29-11-19(32-20)25(26,27)28/h11-12,15-18,22-23,36-37H,2-10,13-14H2,1H3,(H,30,38)(H,31,32)/t17-,18+,22+,23-/m0/s1. The van der Waals surface area contributed by atoms with Gasteiger partial charge in [-0.1, -0.05) is 0 Å². The van der Waals surface area contributed by atoms with Gasteiger partial charge in [-0.05, 0) is 38.8 Å². The predicted octanol–water partition coefficient (Wildman–Crippen LogP) is -0.138. The molecule has 4 rings (SSSR count). The van der Waals surface area contributed by atoms with E-state index in [4.69, 9.17) is 9.47 Å². The second kappa shape index (κ2) is 13.4. The number of aromatic nitrogens is 2. The van der Waals surface area contributed by atoms with E-state index in [-0.39, 0.29) is 36.8 Å². The van der Waals surface area contributed by atoms with E-state index in [1.165, 1.54) is 7.11 Å². The van der Waals surface area contributed by atoms with Gasteiger partial charge in [-0.3, -0.25) is 19.5 Å². The fraction of sp³-hybridized carbons (Fsp3) is 0.760. The molecule has 224 valence electrons. The zero-order valence-electron chi connectivity index (χ0n) is 22.3. The van der Waals surface area contributed by atoms with Crippen LogP contribution in [0, 0.1) is 5.92 Å². The quantitative estimate of drug-likeness (QED) is 0.308. The number of amides is 1. The van der Waals surface area contributed by atoms with Crippen molar-refractivity contribution in [1.82, 2.24) is 25.1 Å². The van der Waals surface area contributed by atoms with E-state index < -0.39 is 36.2 Å². The van der Waals surface area contributed by atoms with Crippen LogP contribution in [0.25, 0.3) is 0 Å². The summed E-state index contributed by atoms with van der Waals surface area (Å²) >= 11 is 0. The largest absolute Gasteiger partial charge is 0.468 e. The highest BCUT2D eigenvalue weighted by molar-refractivity contribution is 5.78. The number of aliphatic hydroxyl groups excluding tert-OH is 2. The van der Waals surface area contributed by atoms with Gasteiger partial charge in [0.05, 0.1) is 38.7 Å². The molecule has 3 saturated heterocycles. The maximum Gasteiger partial charge on any atom is 0.434 e. The molecule has 0 aliphatic carbocycles. The highest BCUT2D eigenvalue weighted by atomic mass is 19.4. The van der Waals surface area contributed by atoms with Gasteiger partial charge in [-0.2, -0.15) is 13.2 Å². The molecular formula is C25H37F3N6O6. The van der Waals surface area contributed by atoms with Crippen molar-refractivity contribution in [1.29, 1.82) is 0 Å². The second-order valence-corrected chi connectivity index (χ2v) is 10.5. The fourth-order valence-corrected chi connectivity index (χ4v) is 5.51. The summed E-state index contributed by atoms with van der Waals surface area (Å²) in [6.07, 6.45) is -3.28. The van der Waals surface area contributed by atoms with Crippen LogP contribution < -0.4 is 10.6 Å². The minimum atomic E-state index is -4.67. The van der Waals surface area contributed by atoms with Gasteiger partial charge in [0.25, 0.3) is 0 Å². The number of anilines is 1. The smallest absolute Gasteiger partial charge is 0.434 e. The zero-order chi connectivity index (χ0) is 28.9. The number of aliphatic hydroxyl groups is 2. The van der Waals surface area contributed by atoms with E-state index in [0.29, 0.717) is 31.6 Å². The molecule has 0 spiro atoms. The summed E-state index contributed by atoms with van der Waals surface area (Å²) in [6.45, 7) is 3.45. The van der Waals surface area contributed by atoms with E-state index in [1.54, 1.807) is 0 Å². The molecule has 3 fully saturated rings. The Morgan fingerprint density at radius 3 is 2.45 bits per heavy atom. The Balaban J connectivity index is 1.17. The third-order valence-electron chi connectivity index (χ3n) is 7.92. The molecular weight excluding hydrogens is 537 g/mol. The van der Waals surface area contributed by atoms with E-state index in [0.717, 1.165) is 45.2 Å². The van der Waals surface area contributed by atoms with Crippen LogP contribution in [0.5, 0.6) is 0 Å². The molecule has 0 bridgehead atoms. The Morgan fingerprint density at radius 2 is 1.80 bits per heavy atom. The number of rotatable bonds is 8. The van der Waals surface area contributed by atoms with Crippen molar-refractivity contribution < 1.29 is 42.4 Å². The van der Waals surface area contributed by atoms with Crippen molar-refractivity contribution in [3.63, 3.8) is 0 Å². The average molecular weight is 575 g/mol. The Morgan fingerprint density at radius 1 is 1.10 bits per heavy atom. The van der Waals surface area contributed by atoms with E-state index >= 15 is 0 Å². The molecule has 15 heteroatoms. The molecule has 3 aliphatic heterocycles. The number of carbonyl (C=O) groups excluding carboxylic acids is 2. The number of methoxy groups -OCH3 is 1. The fourth-order valence-electron chi connectivity index (χ4n) is 5.51. The topological polar surface area (TPSA) is 149 Å². The number of esters is 1. The second-order valence-electron chi connectivity index (χ2n) is 10.5. The van der Waals surface area contributed by atoms with Gasteiger partial charge in [-0.15, -0.1) is 0 Å². The van der Waals surface area contributed by atoms with Gasteiger partial charge in [0.2, 0.25) is 5.91 Å². The van der Waals surface area contributed by atoms with Gasteiger partial charge in [0, 0.05) is 31.6 Å². The van der Waals surface area contributed by atoms with E-state index in [9.17, 15) is 33.0 Å². The van der Waals surface area contributed by atoms with Crippen LogP contribution in [0.2, 0.25) is 0 Å². The van der Waals surface area contributed by atoms with Crippen molar-refractivity contribution in [3.8, 4) is 0 Å². The lowest BCUT2D eigenvalue weighted by Gasteiger charge is -2.41. The molecule has 4 heterocycles. The Hall–Kier alpha value is -2.59. The predicted molar refractivity (Wildman–Crippen MR) is 135 cm³/mol. The van der Waals surface area contributed by atoms with E-state index in [2.05, 4.69) is 30.4 Å². The lowest BCUT2D eigenvalue weighted by molar-refractivity contribution is -0.144. The monoisotopic (exact) mass is 574 g/mol. The van der Waals surface area contributed by atoms with Crippen molar-refractivity contribution in [2.45, 2.75) is 62.3 Å². The summed E-state index contributed by atoms with van der Waals surface area (Å²) in [5.41, 5.74) is -1.18. The lowest BCUT2D eigenvalue weighted by Crippen LogP contribution is -2.58. The number of alkyl halides is 3. The average Bonchev–Trinajstić information content (AvgIpc) is 2.95. The molecule has 1 aromatic heterocycles. The molecule has 3 aliphatic rings. The Bertz CT molecular complexity index is 1000. The van der Waals surface area contributed by atoms with Crippen LogP contribution in [-0.4, -0.2) is 125 Å². The third-order valence-corrected chi connectivity index (χ3v) is 7.92. The number of carbonyl (C=O) groups is 2. The molecule has 1 aromatic rings. The molecule has 12 nitrogen and oxygen atoms in total. The minimum Gasteiger partial charge on any atom is -0.468 e. The minimum absolute atomic E-state index is 0.00792. The lowest BCUT2D eigenvalue weighted by atomic mass is 9.92. The first kappa shape index (κ1) is 30.4. The third kappa shape index (κ3) is 7.78. The summed E-state index contributed by atoms with van der Waals surface area (Å²) in [6, 6.07) is -0.495. The number of hydrogen-bond donors (Lipinski definition) is 4. The van der Waals surface area contributed by atoms with Crippen LogP contribution in [-0.2, 0) is 25.2 Å². The van der Waals surface area contributed by atoms with Gasteiger partial charge in [0.1, 0.15) is 24.1 Å². The molecule has 4 N–H and O–H groups in total. The number of likely N-dealkylation sites (tertiary alicyclic amines) is 2. The first-order chi connectivity index (χ1) is 19.0. The maximum absolute atomic E-state index is 12.9. The highest BCUT2D eigenvalue weighted by Crippen LogP contribution is 2.28. The summed E-state index contributed by atoms with van der Waals surface area (Å²) in [4.78, 5) is 35.8. The Labute approximate surface area is 230 Å². The number of piperidine rings is 2. The van der Waals surface area contributed by atoms with E-state index in [1.807, 2.05) is 0 Å². The van der Waals surface area contributed by atoms with Crippen LogP contribution in [0.3, 0.4) is 0 Å². The van der Waals surface area contributed by atoms with Crippen LogP contribution in [0.1, 0.15) is 31.4 Å². The molecule has 40 heavy (non-hydrogen) atoms. The molecule has 0 unspecified atom stereocenters. The van der Waals surface area contributed by atoms with Gasteiger partial charge in [0.15, 0.2) is 5.69 Å². The van der Waals surface area contributed by atoms with Crippen molar-refractivity contribution in [2.24, 2.45) is 5.92 Å². The SMILES string of the molecule is COC(=O)CN1CCC(N2CCC(C(=O)NC[C@H]3OC[C@H](Nc4cncc(C(F)(F)F)n4)[C@@H](O)[C@H]3O)CC2)CC1. The van der Waals surface area contributed by atoms with Crippen molar-refractivity contribution in [2.75, 3.05) is 58.3 Å². The van der Waals surface area contributed by atoms with Gasteiger partial charge >= 0.3 is 12.1 Å². The number of nitrogens with one attached hydrogen (secondary N) is 2. The number of ether oxygens (including phenoxy) is 2. The first-order valence-electron chi connectivity index (χ1n) is 13.5. The van der Waals surface area contributed by atoms with Crippen LogP contribution in [0.4, 0.5) is 19.0 Å². The summed E-state index contributed by atoms with van der Waals surface area (Å²) in [5.74, 6) is -0.750. The zero-order valence-corrected chi connectivity index (χ0v) is 22.3. The number of hydrogen-bond acceptors (Lipinski definition) is 11. The summed E-state index contributed by atoms with van der Waals surface area (Å²) in [7, 11) is 1.39. The molecule has 1 amide bonds. The molecule has 4 atom stereocenters. The number of nitrogens with zero attached hydrogens (tertiary/aromatic N) is 4. The first-order valence-corrected chi connectivity index (χ1v) is 13.5. The molecule has 0 radical (unpaired) electrons. The van der Waals surface area contributed by atoms with Gasteiger partial charge in [-0.25, -0.2) is 4.98 Å². The normalized spacial score (nSPS) is 27.8. The van der Waals surface area contributed by atoms with Crippen molar-refractivity contribution >= 4 is 17.7 Å². The Kier molecular flexibility index (Phi) is 10.2. The van der Waals surface area contributed by atoms with Crippen molar-refractivity contribution in [3.05, 3.63) is 18.1 Å². The highest BCUT2D eigenvalue weighted by Gasteiger charge is 2.40. The van der Waals surface area contributed by atoms with Crippen LogP contribution >= 0.6 is 0 Å².